The molecular weight excluding hydrogens is 538 g/mol. The molecule has 2 aliphatic heterocycles. The van der Waals surface area contributed by atoms with Crippen LogP contribution in [0.2, 0.25) is 0 Å². The number of anilines is 2. The van der Waals surface area contributed by atoms with Gasteiger partial charge in [0.15, 0.2) is 11.5 Å². The van der Waals surface area contributed by atoms with E-state index in [1.807, 2.05) is 17.0 Å². The molecule has 3 aromatic rings. The number of benzene rings is 2. The molecule has 0 spiro atoms. The normalized spacial score (nSPS) is 15.9. The van der Waals surface area contributed by atoms with Crippen LogP contribution in [-0.2, 0) is 6.54 Å². The molecule has 0 bridgehead atoms. The maximum absolute atomic E-state index is 14.7. The number of rotatable bonds is 5. The van der Waals surface area contributed by atoms with Crippen molar-refractivity contribution < 1.29 is 22.4 Å². The van der Waals surface area contributed by atoms with Crippen LogP contribution in [0.3, 0.4) is 0 Å². The lowest BCUT2D eigenvalue weighted by atomic mass is 10.1. The molecule has 0 radical (unpaired) electrons. The Morgan fingerprint density at radius 3 is 2.05 bits per heavy atom. The highest BCUT2D eigenvalue weighted by molar-refractivity contribution is 5.92. The molecule has 12 heteroatoms. The fourth-order valence-electron chi connectivity index (χ4n) is 5.13. The zero-order valence-electron chi connectivity index (χ0n) is 22.0. The van der Waals surface area contributed by atoms with Crippen molar-refractivity contribution in [1.29, 1.82) is 10.5 Å². The van der Waals surface area contributed by atoms with Gasteiger partial charge in [0.05, 0.1) is 28.2 Å². The van der Waals surface area contributed by atoms with Crippen molar-refractivity contribution in [3.63, 3.8) is 0 Å². The third-order valence-electron chi connectivity index (χ3n) is 7.38. The molecule has 0 atom stereocenters. The minimum atomic E-state index is -1.07. The Morgan fingerprint density at radius 2 is 1.37 bits per heavy atom. The minimum Gasteiger partial charge on any atom is -0.368 e. The van der Waals surface area contributed by atoms with Crippen LogP contribution in [0.25, 0.3) is 0 Å². The predicted molar refractivity (Wildman–Crippen MR) is 142 cm³/mol. The standard InChI is InChI=1S/C29H25F4N7O/c30-21-15-27(23(32)13-20(21)17-35)39-9-11-40(12-10-39)29(41)28-24(33)14-22(31)25(36-28)18-37-5-7-38(8-6-37)26-4-2-1-3-19(26)16-34/h1-4,13-15H,5-12,18H2. The van der Waals surface area contributed by atoms with E-state index in [-0.39, 0.29) is 44.1 Å². The number of hydrogen-bond acceptors (Lipinski definition) is 7. The molecule has 2 fully saturated rings. The summed E-state index contributed by atoms with van der Waals surface area (Å²) in [4.78, 5) is 24.1. The van der Waals surface area contributed by atoms with E-state index in [1.54, 1.807) is 18.2 Å². The molecule has 2 aliphatic rings. The van der Waals surface area contributed by atoms with Crippen LogP contribution in [0.5, 0.6) is 0 Å². The first-order valence-electron chi connectivity index (χ1n) is 13.0. The van der Waals surface area contributed by atoms with Crippen LogP contribution in [0.1, 0.15) is 27.3 Å². The molecular formula is C29H25F4N7O. The number of carbonyl (C=O) groups excluding carboxylic acids is 1. The van der Waals surface area contributed by atoms with Gasteiger partial charge in [0.1, 0.15) is 29.6 Å². The zero-order valence-corrected chi connectivity index (χ0v) is 22.0. The summed E-state index contributed by atoms with van der Waals surface area (Å²) >= 11 is 0. The van der Waals surface area contributed by atoms with Gasteiger partial charge in [-0.25, -0.2) is 22.5 Å². The van der Waals surface area contributed by atoms with Gasteiger partial charge in [-0.2, -0.15) is 10.5 Å². The second kappa shape index (κ2) is 11.8. The second-order valence-electron chi connectivity index (χ2n) is 9.81. The average Bonchev–Trinajstić information content (AvgIpc) is 2.99. The first-order chi connectivity index (χ1) is 19.8. The number of halogens is 4. The largest absolute Gasteiger partial charge is 0.368 e. The summed E-state index contributed by atoms with van der Waals surface area (Å²) in [5.41, 5.74) is 0.436. The quantitative estimate of drug-likeness (QED) is 0.438. The Hall–Kier alpha value is -4.68. The lowest BCUT2D eigenvalue weighted by Crippen LogP contribution is -2.49. The molecule has 8 nitrogen and oxygen atoms in total. The van der Waals surface area contributed by atoms with Gasteiger partial charge in [-0.05, 0) is 18.2 Å². The average molecular weight is 564 g/mol. The van der Waals surface area contributed by atoms with E-state index in [4.69, 9.17) is 5.26 Å². The molecule has 3 heterocycles. The smallest absolute Gasteiger partial charge is 0.275 e. The third-order valence-corrected chi connectivity index (χ3v) is 7.38. The van der Waals surface area contributed by atoms with Gasteiger partial charge in [-0.15, -0.1) is 0 Å². The number of carbonyl (C=O) groups is 1. The Labute approximate surface area is 234 Å². The highest BCUT2D eigenvalue weighted by atomic mass is 19.1. The van der Waals surface area contributed by atoms with E-state index in [2.05, 4.69) is 16.0 Å². The maximum atomic E-state index is 14.7. The summed E-state index contributed by atoms with van der Waals surface area (Å²) in [7, 11) is 0. The van der Waals surface area contributed by atoms with Gasteiger partial charge < -0.3 is 14.7 Å². The monoisotopic (exact) mass is 563 g/mol. The predicted octanol–water partition coefficient (Wildman–Crippen LogP) is 3.67. The molecule has 0 N–H and O–H groups in total. The van der Waals surface area contributed by atoms with Crippen molar-refractivity contribution in [1.82, 2.24) is 14.8 Å². The summed E-state index contributed by atoms with van der Waals surface area (Å²) in [6, 6.07) is 13.5. The van der Waals surface area contributed by atoms with E-state index in [1.165, 1.54) is 9.80 Å². The number of hydrogen-bond donors (Lipinski definition) is 0. The summed E-state index contributed by atoms with van der Waals surface area (Å²) in [5, 5.41) is 18.3. The van der Waals surface area contributed by atoms with Crippen molar-refractivity contribution in [3.8, 4) is 12.1 Å². The molecule has 210 valence electrons. The molecule has 2 aromatic carbocycles. The summed E-state index contributed by atoms with van der Waals surface area (Å²) < 4.78 is 57.9. The Morgan fingerprint density at radius 1 is 0.732 bits per heavy atom. The first-order valence-corrected chi connectivity index (χ1v) is 13.0. The Bertz CT molecular complexity index is 1550. The zero-order chi connectivity index (χ0) is 29.1. The van der Waals surface area contributed by atoms with Crippen LogP contribution >= 0.6 is 0 Å². The molecule has 1 aromatic heterocycles. The summed E-state index contributed by atoms with van der Waals surface area (Å²) in [6.07, 6.45) is 0. The van der Waals surface area contributed by atoms with Crippen molar-refractivity contribution in [2.24, 2.45) is 0 Å². The highest BCUT2D eigenvalue weighted by Crippen LogP contribution is 2.26. The van der Waals surface area contributed by atoms with Crippen molar-refractivity contribution >= 4 is 17.3 Å². The number of nitrogens with zero attached hydrogens (tertiary/aromatic N) is 7. The van der Waals surface area contributed by atoms with Crippen LogP contribution in [-0.4, -0.2) is 73.0 Å². The van der Waals surface area contributed by atoms with Crippen LogP contribution in [0.4, 0.5) is 28.9 Å². The van der Waals surface area contributed by atoms with Crippen molar-refractivity contribution in [3.05, 3.63) is 88.2 Å². The molecule has 41 heavy (non-hydrogen) atoms. The molecule has 2 saturated heterocycles. The maximum Gasteiger partial charge on any atom is 0.275 e. The number of piperazine rings is 2. The number of aromatic nitrogens is 1. The topological polar surface area (TPSA) is 90.5 Å². The molecule has 0 saturated carbocycles. The van der Waals surface area contributed by atoms with Gasteiger partial charge in [0.25, 0.3) is 5.91 Å². The van der Waals surface area contributed by atoms with Crippen molar-refractivity contribution in [2.45, 2.75) is 6.54 Å². The van der Waals surface area contributed by atoms with Crippen LogP contribution < -0.4 is 9.80 Å². The molecule has 0 aliphatic carbocycles. The van der Waals surface area contributed by atoms with E-state index in [0.717, 1.165) is 17.8 Å². The van der Waals surface area contributed by atoms with Gasteiger partial charge in [0, 0.05) is 71.0 Å². The van der Waals surface area contributed by atoms with Crippen LogP contribution in [0.15, 0.2) is 42.5 Å². The van der Waals surface area contributed by atoms with Crippen molar-refractivity contribution in [2.75, 3.05) is 62.2 Å². The van der Waals surface area contributed by atoms with Gasteiger partial charge in [0.2, 0.25) is 0 Å². The number of amides is 1. The fraction of sp³-hybridized carbons (Fsp3) is 0.310. The minimum absolute atomic E-state index is 0.0295. The molecule has 1 amide bonds. The van der Waals surface area contributed by atoms with Gasteiger partial charge >= 0.3 is 0 Å². The molecule has 0 unspecified atom stereocenters. The van der Waals surface area contributed by atoms with E-state index < -0.39 is 40.4 Å². The summed E-state index contributed by atoms with van der Waals surface area (Å²) in [5.74, 6) is -4.24. The van der Waals surface area contributed by atoms with E-state index >= 15 is 0 Å². The third kappa shape index (κ3) is 5.79. The first kappa shape index (κ1) is 27.9. The van der Waals surface area contributed by atoms with Gasteiger partial charge in [-0.3, -0.25) is 9.69 Å². The van der Waals surface area contributed by atoms with E-state index in [9.17, 15) is 27.6 Å². The number of pyridine rings is 1. The number of nitriles is 2. The summed E-state index contributed by atoms with van der Waals surface area (Å²) in [6.45, 7) is 2.83. The Kier molecular flexibility index (Phi) is 8.04. The SMILES string of the molecule is N#Cc1cc(F)c(N2CCN(C(=O)c3nc(CN4CCN(c5ccccc5C#N)CC4)c(F)cc3F)CC2)cc1F. The lowest BCUT2D eigenvalue weighted by molar-refractivity contribution is 0.0734. The lowest BCUT2D eigenvalue weighted by Gasteiger charge is -2.36. The van der Waals surface area contributed by atoms with Gasteiger partial charge in [-0.1, -0.05) is 12.1 Å². The number of para-hydroxylation sites is 1. The highest BCUT2D eigenvalue weighted by Gasteiger charge is 2.29. The molecule has 5 rings (SSSR count). The fourth-order valence-corrected chi connectivity index (χ4v) is 5.13. The Balaban J connectivity index is 1.23. The van der Waals surface area contributed by atoms with E-state index in [0.29, 0.717) is 37.8 Å². The second-order valence-corrected chi connectivity index (χ2v) is 9.81. The van der Waals surface area contributed by atoms with Crippen LogP contribution in [0, 0.1) is 45.9 Å².